The van der Waals surface area contributed by atoms with Crippen LogP contribution in [-0.4, -0.2) is 72.6 Å². The molecule has 0 saturated carbocycles. The Morgan fingerprint density at radius 3 is 2.50 bits per heavy atom. The highest BCUT2D eigenvalue weighted by atomic mass is 16.6. The van der Waals surface area contributed by atoms with E-state index in [1.54, 1.807) is 4.90 Å². The Hall–Kier alpha value is -2.08. The normalized spacial score (nSPS) is 20.8. The zero-order chi connectivity index (χ0) is 19.8. The minimum atomic E-state index is -0.215. The summed E-state index contributed by atoms with van der Waals surface area (Å²) in [6.45, 7) is 8.17. The molecule has 6 nitrogen and oxygen atoms in total. The molecule has 28 heavy (non-hydrogen) atoms. The van der Waals surface area contributed by atoms with E-state index in [1.165, 1.54) is 5.56 Å². The van der Waals surface area contributed by atoms with Crippen LogP contribution in [0.1, 0.15) is 38.2 Å². The van der Waals surface area contributed by atoms with Gasteiger partial charge in [0.2, 0.25) is 5.91 Å². The fourth-order valence-electron chi connectivity index (χ4n) is 4.16. The third kappa shape index (κ3) is 5.96. The Bertz CT molecular complexity index is 629. The second-order valence-corrected chi connectivity index (χ2v) is 7.83. The third-order valence-corrected chi connectivity index (χ3v) is 5.79. The van der Waals surface area contributed by atoms with Crippen LogP contribution in [0.2, 0.25) is 0 Å². The Kier molecular flexibility index (Phi) is 7.71. The molecule has 2 aliphatic heterocycles. The summed E-state index contributed by atoms with van der Waals surface area (Å²) in [5.74, 6) is 0.661. The molecule has 6 heteroatoms. The highest BCUT2D eigenvalue weighted by molar-refractivity contribution is 5.76. The molecule has 1 atom stereocenters. The van der Waals surface area contributed by atoms with Gasteiger partial charge in [0.15, 0.2) is 0 Å². The van der Waals surface area contributed by atoms with E-state index in [0.29, 0.717) is 18.9 Å². The zero-order valence-corrected chi connectivity index (χ0v) is 17.0. The average molecular weight is 388 g/mol. The maximum atomic E-state index is 12.6. The maximum Gasteiger partial charge on any atom is 0.409 e. The van der Waals surface area contributed by atoms with Crippen molar-refractivity contribution in [3.8, 4) is 0 Å². The summed E-state index contributed by atoms with van der Waals surface area (Å²) in [5, 5.41) is 0. The third-order valence-electron chi connectivity index (χ3n) is 5.79. The van der Waals surface area contributed by atoms with Gasteiger partial charge >= 0.3 is 6.09 Å². The van der Waals surface area contributed by atoms with Gasteiger partial charge in [-0.05, 0) is 37.7 Å². The second-order valence-electron chi connectivity index (χ2n) is 7.83. The van der Waals surface area contributed by atoms with Crippen molar-refractivity contribution in [2.24, 2.45) is 5.92 Å². The van der Waals surface area contributed by atoms with Crippen LogP contribution in [0.15, 0.2) is 30.3 Å². The minimum Gasteiger partial charge on any atom is -0.450 e. The van der Waals surface area contributed by atoms with Gasteiger partial charge in [0.25, 0.3) is 0 Å². The molecule has 2 saturated heterocycles. The smallest absolute Gasteiger partial charge is 0.409 e. The Morgan fingerprint density at radius 2 is 1.79 bits per heavy atom. The van der Waals surface area contributed by atoms with Crippen molar-refractivity contribution in [1.82, 2.24) is 14.7 Å². The maximum absolute atomic E-state index is 12.6. The first-order valence-electron chi connectivity index (χ1n) is 10.6. The highest BCUT2D eigenvalue weighted by Gasteiger charge is 2.26. The number of ether oxygens (including phenoxy) is 1. The van der Waals surface area contributed by atoms with Crippen LogP contribution in [0, 0.1) is 5.92 Å². The monoisotopic (exact) mass is 387 g/mol. The van der Waals surface area contributed by atoms with Gasteiger partial charge in [-0.15, -0.1) is 0 Å². The first kappa shape index (κ1) is 20.6. The molecule has 2 fully saturated rings. The molecule has 2 aliphatic rings. The number of nitrogens with zero attached hydrogens (tertiary/aromatic N) is 3. The van der Waals surface area contributed by atoms with E-state index >= 15 is 0 Å². The fraction of sp³-hybridized carbons (Fsp3) is 0.636. The van der Waals surface area contributed by atoms with E-state index in [9.17, 15) is 9.59 Å². The molecule has 1 aromatic carbocycles. The van der Waals surface area contributed by atoms with E-state index in [0.717, 1.165) is 65.1 Å². The lowest BCUT2D eigenvalue weighted by atomic mass is 9.93. The lowest BCUT2D eigenvalue weighted by Crippen LogP contribution is -2.48. The number of piperidine rings is 1. The molecule has 1 unspecified atom stereocenters. The molecule has 0 aromatic heterocycles. The van der Waals surface area contributed by atoms with Gasteiger partial charge in [0, 0.05) is 52.2 Å². The number of benzene rings is 1. The highest BCUT2D eigenvalue weighted by Crippen LogP contribution is 2.22. The van der Waals surface area contributed by atoms with E-state index in [1.807, 2.05) is 17.9 Å². The van der Waals surface area contributed by atoms with Crippen LogP contribution in [0.25, 0.3) is 0 Å². The molecule has 0 bridgehead atoms. The summed E-state index contributed by atoms with van der Waals surface area (Å²) in [5.41, 5.74) is 1.32. The van der Waals surface area contributed by atoms with Crippen LogP contribution in [0.5, 0.6) is 0 Å². The number of hydrogen-bond donors (Lipinski definition) is 0. The molecule has 2 amide bonds. The van der Waals surface area contributed by atoms with Crippen molar-refractivity contribution in [2.75, 3.05) is 45.9 Å². The SMILES string of the molecule is CCOC(=O)N1CCCC(CCC(=O)N2CCN(Cc3ccccc3)CC2)C1. The summed E-state index contributed by atoms with van der Waals surface area (Å²) in [4.78, 5) is 30.8. The van der Waals surface area contributed by atoms with Crippen molar-refractivity contribution in [2.45, 2.75) is 39.2 Å². The van der Waals surface area contributed by atoms with Crippen molar-refractivity contribution >= 4 is 12.0 Å². The predicted octanol–water partition coefficient (Wildman–Crippen LogP) is 2.98. The van der Waals surface area contributed by atoms with E-state index in [2.05, 4.69) is 29.2 Å². The first-order chi connectivity index (χ1) is 13.7. The lowest BCUT2D eigenvalue weighted by Gasteiger charge is -2.35. The van der Waals surface area contributed by atoms with Gasteiger partial charge < -0.3 is 14.5 Å². The molecule has 2 heterocycles. The summed E-state index contributed by atoms with van der Waals surface area (Å²) in [6, 6.07) is 10.5. The van der Waals surface area contributed by atoms with Crippen LogP contribution in [-0.2, 0) is 16.1 Å². The van der Waals surface area contributed by atoms with E-state index in [-0.39, 0.29) is 12.0 Å². The molecular formula is C22H33N3O3. The largest absolute Gasteiger partial charge is 0.450 e. The standard InChI is InChI=1S/C22H33N3O3/c1-2-28-22(27)25-12-6-9-20(18-25)10-11-21(26)24-15-13-23(14-16-24)17-19-7-4-3-5-8-19/h3-5,7-8,20H,2,6,9-18H2,1H3. The summed E-state index contributed by atoms with van der Waals surface area (Å²) in [7, 11) is 0. The molecule has 0 radical (unpaired) electrons. The average Bonchev–Trinajstić information content (AvgIpc) is 2.74. The molecule has 0 spiro atoms. The Balaban J connectivity index is 1.37. The second kappa shape index (κ2) is 10.5. The fourth-order valence-corrected chi connectivity index (χ4v) is 4.16. The summed E-state index contributed by atoms with van der Waals surface area (Å²) < 4.78 is 5.11. The van der Waals surface area contributed by atoms with Gasteiger partial charge in [0.05, 0.1) is 6.61 Å². The molecular weight excluding hydrogens is 354 g/mol. The summed E-state index contributed by atoms with van der Waals surface area (Å²) in [6.07, 6.45) is 3.32. The van der Waals surface area contributed by atoms with Crippen molar-refractivity contribution in [3.05, 3.63) is 35.9 Å². The van der Waals surface area contributed by atoms with Gasteiger partial charge in [-0.25, -0.2) is 4.79 Å². The number of carbonyl (C=O) groups excluding carboxylic acids is 2. The Labute approximate surface area is 168 Å². The summed E-state index contributed by atoms with van der Waals surface area (Å²) >= 11 is 0. The van der Waals surface area contributed by atoms with E-state index < -0.39 is 0 Å². The zero-order valence-electron chi connectivity index (χ0n) is 17.0. The van der Waals surface area contributed by atoms with Gasteiger partial charge in [-0.3, -0.25) is 9.69 Å². The number of hydrogen-bond acceptors (Lipinski definition) is 4. The van der Waals surface area contributed by atoms with Crippen molar-refractivity contribution < 1.29 is 14.3 Å². The minimum absolute atomic E-state index is 0.215. The molecule has 3 rings (SSSR count). The van der Waals surface area contributed by atoms with E-state index in [4.69, 9.17) is 4.74 Å². The van der Waals surface area contributed by atoms with Crippen molar-refractivity contribution in [1.29, 1.82) is 0 Å². The van der Waals surface area contributed by atoms with Gasteiger partial charge in [-0.2, -0.15) is 0 Å². The number of likely N-dealkylation sites (tertiary alicyclic amines) is 1. The molecule has 154 valence electrons. The van der Waals surface area contributed by atoms with Crippen LogP contribution >= 0.6 is 0 Å². The number of amides is 2. The van der Waals surface area contributed by atoms with Crippen LogP contribution < -0.4 is 0 Å². The van der Waals surface area contributed by atoms with Gasteiger partial charge in [-0.1, -0.05) is 30.3 Å². The topological polar surface area (TPSA) is 53.1 Å². The number of piperazine rings is 1. The van der Waals surface area contributed by atoms with Crippen molar-refractivity contribution in [3.63, 3.8) is 0 Å². The Morgan fingerprint density at radius 1 is 1.04 bits per heavy atom. The molecule has 0 N–H and O–H groups in total. The predicted molar refractivity (Wildman–Crippen MR) is 109 cm³/mol. The number of carbonyl (C=O) groups is 2. The molecule has 1 aromatic rings. The van der Waals surface area contributed by atoms with Crippen LogP contribution in [0.3, 0.4) is 0 Å². The van der Waals surface area contributed by atoms with Crippen LogP contribution in [0.4, 0.5) is 4.79 Å². The quantitative estimate of drug-likeness (QED) is 0.753. The lowest BCUT2D eigenvalue weighted by molar-refractivity contribution is -0.133. The number of rotatable bonds is 6. The van der Waals surface area contributed by atoms with Gasteiger partial charge in [0.1, 0.15) is 0 Å². The first-order valence-corrected chi connectivity index (χ1v) is 10.6. The molecule has 0 aliphatic carbocycles.